The largest absolute Gasteiger partial charge is 0.493 e. The standard InChI is InChI=1S/C18H28O7/c1-5-8-13-24-18(17(19)20,23-12-6-2)25-15-11-9-10-14(21-4)16(15)22-7-3/h9-11H,5-8,12-13H2,1-4H3,(H,19,20). The number of benzene rings is 1. The average Bonchev–Trinajstić information content (AvgIpc) is 2.61. The van der Waals surface area contributed by atoms with E-state index in [0.717, 1.165) is 6.42 Å². The predicted octanol–water partition coefficient (Wildman–Crippen LogP) is 3.45. The molecule has 0 aliphatic carbocycles. The van der Waals surface area contributed by atoms with Gasteiger partial charge in [-0.25, -0.2) is 4.79 Å². The lowest BCUT2D eigenvalue weighted by Gasteiger charge is -2.30. The van der Waals surface area contributed by atoms with E-state index in [4.69, 9.17) is 23.7 Å². The number of carboxylic acid groups (broad SMARTS) is 1. The van der Waals surface area contributed by atoms with Crippen molar-refractivity contribution in [3.8, 4) is 17.2 Å². The molecular weight excluding hydrogens is 328 g/mol. The predicted molar refractivity (Wildman–Crippen MR) is 92.3 cm³/mol. The van der Waals surface area contributed by atoms with Gasteiger partial charge in [-0.15, -0.1) is 0 Å². The van der Waals surface area contributed by atoms with E-state index in [0.29, 0.717) is 30.9 Å². The molecule has 7 heteroatoms. The maximum absolute atomic E-state index is 11.9. The van der Waals surface area contributed by atoms with Crippen LogP contribution in [0.3, 0.4) is 0 Å². The Balaban J connectivity index is 3.20. The van der Waals surface area contributed by atoms with Crippen LogP contribution in [-0.4, -0.2) is 44.0 Å². The summed E-state index contributed by atoms with van der Waals surface area (Å²) in [4.78, 5) is 11.9. The second-order valence-electron chi connectivity index (χ2n) is 5.23. The summed E-state index contributed by atoms with van der Waals surface area (Å²) in [6, 6.07) is 4.96. The number of aliphatic carboxylic acids is 1. The Kier molecular flexibility index (Phi) is 9.08. The van der Waals surface area contributed by atoms with Gasteiger partial charge in [0, 0.05) is 0 Å². The van der Waals surface area contributed by atoms with Crippen LogP contribution in [0.5, 0.6) is 17.2 Å². The molecule has 142 valence electrons. The fraction of sp³-hybridized carbons (Fsp3) is 0.611. The van der Waals surface area contributed by atoms with Crippen molar-refractivity contribution in [1.29, 1.82) is 0 Å². The number of hydrogen-bond acceptors (Lipinski definition) is 6. The van der Waals surface area contributed by atoms with Crippen LogP contribution in [0.1, 0.15) is 40.0 Å². The van der Waals surface area contributed by atoms with E-state index in [1.165, 1.54) is 7.11 Å². The average molecular weight is 356 g/mol. The maximum atomic E-state index is 11.9. The van der Waals surface area contributed by atoms with Gasteiger partial charge in [0.15, 0.2) is 11.5 Å². The minimum atomic E-state index is -2.23. The van der Waals surface area contributed by atoms with Crippen LogP contribution in [0.4, 0.5) is 0 Å². The summed E-state index contributed by atoms with van der Waals surface area (Å²) in [7, 11) is 1.50. The monoisotopic (exact) mass is 356 g/mol. The molecule has 1 aromatic carbocycles. The molecule has 1 aromatic rings. The molecule has 1 atom stereocenters. The molecule has 1 unspecified atom stereocenters. The van der Waals surface area contributed by atoms with Crippen molar-refractivity contribution in [3.63, 3.8) is 0 Å². The summed E-state index contributed by atoms with van der Waals surface area (Å²) in [5, 5.41) is 9.71. The van der Waals surface area contributed by atoms with Gasteiger partial charge in [-0.1, -0.05) is 26.3 Å². The molecule has 0 saturated carbocycles. The van der Waals surface area contributed by atoms with Crippen molar-refractivity contribution in [2.45, 2.75) is 46.0 Å². The summed E-state index contributed by atoms with van der Waals surface area (Å²) in [5.41, 5.74) is 0. The zero-order valence-corrected chi connectivity index (χ0v) is 15.4. The van der Waals surface area contributed by atoms with Crippen molar-refractivity contribution in [3.05, 3.63) is 18.2 Å². The maximum Gasteiger partial charge on any atom is 0.432 e. The molecule has 7 nitrogen and oxygen atoms in total. The number of methoxy groups -OCH3 is 1. The van der Waals surface area contributed by atoms with Crippen LogP contribution in [0.2, 0.25) is 0 Å². The highest BCUT2D eigenvalue weighted by Gasteiger charge is 2.46. The van der Waals surface area contributed by atoms with Gasteiger partial charge < -0.3 is 28.8 Å². The van der Waals surface area contributed by atoms with Crippen LogP contribution in [0.25, 0.3) is 0 Å². The Hall–Kier alpha value is -1.99. The molecule has 0 aliphatic heterocycles. The zero-order valence-electron chi connectivity index (χ0n) is 15.4. The fourth-order valence-electron chi connectivity index (χ4n) is 2.02. The van der Waals surface area contributed by atoms with Crippen molar-refractivity contribution in [2.75, 3.05) is 26.9 Å². The van der Waals surface area contributed by atoms with Crippen LogP contribution in [0.15, 0.2) is 18.2 Å². The number of carbonyl (C=O) groups is 1. The van der Waals surface area contributed by atoms with E-state index in [9.17, 15) is 9.90 Å². The van der Waals surface area contributed by atoms with Crippen LogP contribution in [-0.2, 0) is 14.3 Å². The zero-order chi connectivity index (χ0) is 18.7. The second-order valence-corrected chi connectivity index (χ2v) is 5.23. The molecule has 1 N–H and O–H groups in total. The Morgan fingerprint density at radius 1 is 1.08 bits per heavy atom. The number of hydrogen-bond donors (Lipinski definition) is 1. The Morgan fingerprint density at radius 3 is 2.32 bits per heavy atom. The first kappa shape index (κ1) is 21.1. The van der Waals surface area contributed by atoms with Crippen LogP contribution >= 0.6 is 0 Å². The lowest BCUT2D eigenvalue weighted by Crippen LogP contribution is -2.50. The highest BCUT2D eigenvalue weighted by atomic mass is 16.9. The smallest absolute Gasteiger partial charge is 0.432 e. The molecule has 0 fully saturated rings. The third-order valence-electron chi connectivity index (χ3n) is 3.24. The van der Waals surface area contributed by atoms with Gasteiger partial charge in [0.2, 0.25) is 5.75 Å². The SMILES string of the molecule is CCCCOC(OCCC)(Oc1cccc(OC)c1OCC)C(=O)O. The van der Waals surface area contributed by atoms with E-state index >= 15 is 0 Å². The summed E-state index contributed by atoms with van der Waals surface area (Å²) in [6.07, 6.45) is 2.16. The van der Waals surface area contributed by atoms with Crippen molar-refractivity contribution in [2.24, 2.45) is 0 Å². The first-order chi connectivity index (χ1) is 12.0. The van der Waals surface area contributed by atoms with Gasteiger partial charge in [-0.05, 0) is 31.9 Å². The molecule has 1 rings (SSSR count). The van der Waals surface area contributed by atoms with E-state index in [2.05, 4.69) is 0 Å². The molecule has 0 aliphatic rings. The van der Waals surface area contributed by atoms with Crippen molar-refractivity contribution in [1.82, 2.24) is 0 Å². The van der Waals surface area contributed by atoms with Gasteiger partial charge in [-0.2, -0.15) is 0 Å². The Morgan fingerprint density at radius 2 is 1.76 bits per heavy atom. The molecule has 0 aromatic heterocycles. The van der Waals surface area contributed by atoms with Gasteiger partial charge in [0.1, 0.15) is 0 Å². The molecule has 0 saturated heterocycles. The van der Waals surface area contributed by atoms with E-state index in [-0.39, 0.29) is 19.0 Å². The minimum absolute atomic E-state index is 0.173. The lowest BCUT2D eigenvalue weighted by molar-refractivity contribution is -0.329. The number of rotatable bonds is 13. The summed E-state index contributed by atoms with van der Waals surface area (Å²) < 4.78 is 27.5. The van der Waals surface area contributed by atoms with E-state index < -0.39 is 11.9 Å². The second kappa shape index (κ2) is 10.8. The van der Waals surface area contributed by atoms with Gasteiger partial charge in [0.05, 0.1) is 26.9 Å². The third kappa shape index (κ3) is 5.79. The minimum Gasteiger partial charge on any atom is -0.493 e. The van der Waals surface area contributed by atoms with Crippen LogP contribution < -0.4 is 14.2 Å². The molecular formula is C18H28O7. The molecule has 0 bridgehead atoms. The summed E-state index contributed by atoms with van der Waals surface area (Å²) in [5.74, 6) is -2.68. The highest BCUT2D eigenvalue weighted by Crippen LogP contribution is 2.39. The van der Waals surface area contributed by atoms with Crippen molar-refractivity contribution >= 4 is 5.97 Å². The number of ether oxygens (including phenoxy) is 5. The molecule has 0 radical (unpaired) electrons. The summed E-state index contributed by atoms with van der Waals surface area (Å²) in [6.45, 7) is 6.40. The normalized spacial score (nSPS) is 13.1. The third-order valence-corrected chi connectivity index (χ3v) is 3.24. The van der Waals surface area contributed by atoms with Gasteiger partial charge in [0.25, 0.3) is 0 Å². The quantitative estimate of drug-likeness (QED) is 0.428. The topological polar surface area (TPSA) is 83.5 Å². The van der Waals surface area contributed by atoms with Gasteiger partial charge >= 0.3 is 11.9 Å². The van der Waals surface area contributed by atoms with E-state index in [1.54, 1.807) is 18.2 Å². The molecule has 0 spiro atoms. The highest BCUT2D eigenvalue weighted by molar-refractivity contribution is 5.74. The molecule has 25 heavy (non-hydrogen) atoms. The van der Waals surface area contributed by atoms with Crippen LogP contribution in [0, 0.1) is 0 Å². The van der Waals surface area contributed by atoms with E-state index in [1.807, 2.05) is 20.8 Å². The Bertz CT molecular complexity index is 532. The number of para-hydroxylation sites is 1. The first-order valence-corrected chi connectivity index (χ1v) is 8.54. The number of carboxylic acids is 1. The first-order valence-electron chi connectivity index (χ1n) is 8.54. The van der Waals surface area contributed by atoms with Crippen molar-refractivity contribution < 1.29 is 33.6 Å². The lowest BCUT2D eigenvalue weighted by atomic mass is 10.3. The fourth-order valence-corrected chi connectivity index (χ4v) is 2.02. The molecule has 0 amide bonds. The summed E-state index contributed by atoms with van der Waals surface area (Å²) >= 11 is 0. The number of unbranched alkanes of at least 4 members (excludes halogenated alkanes) is 1. The molecule has 0 heterocycles. The van der Waals surface area contributed by atoms with Gasteiger partial charge in [-0.3, -0.25) is 0 Å². The Labute approximate surface area is 148 Å².